The van der Waals surface area contributed by atoms with Crippen molar-refractivity contribution in [2.45, 2.75) is 13.5 Å². The van der Waals surface area contributed by atoms with E-state index in [0.29, 0.717) is 18.7 Å². The summed E-state index contributed by atoms with van der Waals surface area (Å²) in [5.41, 5.74) is 9.03. The van der Waals surface area contributed by atoms with Crippen molar-refractivity contribution in [3.63, 3.8) is 0 Å². The molecular formula is C20H21N3O2. The number of nitrogens with zero attached hydrogens (tertiary/aromatic N) is 2. The van der Waals surface area contributed by atoms with Crippen molar-refractivity contribution in [1.29, 1.82) is 5.26 Å². The van der Waals surface area contributed by atoms with E-state index in [1.165, 1.54) is 0 Å². The third-order valence-electron chi connectivity index (χ3n) is 4.21. The molecule has 0 saturated heterocycles. The fourth-order valence-corrected chi connectivity index (χ4v) is 3.08. The van der Waals surface area contributed by atoms with Crippen LogP contribution >= 0.6 is 0 Å². The summed E-state index contributed by atoms with van der Waals surface area (Å²) in [7, 11) is 1.65. The summed E-state index contributed by atoms with van der Waals surface area (Å²) in [6.07, 6.45) is 0. The van der Waals surface area contributed by atoms with Crippen LogP contribution in [-0.4, -0.2) is 24.8 Å². The first kappa shape index (κ1) is 16.9. The van der Waals surface area contributed by atoms with Crippen molar-refractivity contribution in [3.05, 3.63) is 48.0 Å². The second kappa shape index (κ2) is 7.29. The van der Waals surface area contributed by atoms with E-state index in [0.717, 1.165) is 40.2 Å². The predicted molar refractivity (Wildman–Crippen MR) is 98.9 cm³/mol. The molecule has 5 heteroatoms. The van der Waals surface area contributed by atoms with Gasteiger partial charge in [0.05, 0.1) is 23.9 Å². The topological polar surface area (TPSA) is 73.2 Å². The first-order valence-corrected chi connectivity index (χ1v) is 8.27. The summed E-state index contributed by atoms with van der Waals surface area (Å²) in [4.78, 5) is 0. The Morgan fingerprint density at radius 1 is 1.12 bits per heavy atom. The monoisotopic (exact) mass is 335 g/mol. The summed E-state index contributed by atoms with van der Waals surface area (Å²) in [6.45, 7) is 3.79. The van der Waals surface area contributed by atoms with Gasteiger partial charge in [-0.15, -0.1) is 0 Å². The average Bonchev–Trinajstić information content (AvgIpc) is 2.99. The first-order valence-electron chi connectivity index (χ1n) is 8.27. The zero-order chi connectivity index (χ0) is 17.8. The van der Waals surface area contributed by atoms with Crippen molar-refractivity contribution in [1.82, 2.24) is 4.57 Å². The highest BCUT2D eigenvalue weighted by Gasteiger charge is 2.18. The third-order valence-corrected chi connectivity index (χ3v) is 4.21. The molecule has 0 amide bonds. The van der Waals surface area contributed by atoms with E-state index in [-0.39, 0.29) is 0 Å². The van der Waals surface area contributed by atoms with Gasteiger partial charge in [0.2, 0.25) is 0 Å². The lowest BCUT2D eigenvalue weighted by Crippen LogP contribution is -2.10. The molecule has 0 aliphatic rings. The molecule has 3 rings (SSSR count). The highest BCUT2D eigenvalue weighted by atomic mass is 16.5. The van der Waals surface area contributed by atoms with Gasteiger partial charge in [0.15, 0.2) is 0 Å². The first-order chi connectivity index (χ1) is 12.2. The van der Waals surface area contributed by atoms with Crippen molar-refractivity contribution >= 4 is 10.9 Å². The van der Waals surface area contributed by atoms with Gasteiger partial charge in [0, 0.05) is 24.5 Å². The van der Waals surface area contributed by atoms with E-state index in [1.54, 1.807) is 7.11 Å². The van der Waals surface area contributed by atoms with Gasteiger partial charge < -0.3 is 19.8 Å². The van der Waals surface area contributed by atoms with Crippen LogP contribution in [0.25, 0.3) is 22.2 Å². The van der Waals surface area contributed by atoms with Gasteiger partial charge in [0.25, 0.3) is 0 Å². The van der Waals surface area contributed by atoms with E-state index < -0.39 is 0 Å². The van der Waals surface area contributed by atoms with Crippen LogP contribution in [0.4, 0.5) is 0 Å². The van der Waals surface area contributed by atoms with Crippen LogP contribution in [0.15, 0.2) is 42.5 Å². The Morgan fingerprint density at radius 3 is 2.44 bits per heavy atom. The molecule has 128 valence electrons. The van der Waals surface area contributed by atoms with Crippen LogP contribution < -0.4 is 15.2 Å². The highest BCUT2D eigenvalue weighted by molar-refractivity contribution is 5.95. The van der Waals surface area contributed by atoms with Gasteiger partial charge in [-0.25, -0.2) is 0 Å². The number of aryl methyl sites for hydroxylation is 1. The fraction of sp³-hybridized carbons (Fsp3) is 0.250. The molecule has 0 bridgehead atoms. The van der Waals surface area contributed by atoms with Crippen LogP contribution in [0.5, 0.6) is 11.5 Å². The average molecular weight is 335 g/mol. The lowest BCUT2D eigenvalue weighted by Gasteiger charge is -2.10. The molecule has 0 radical (unpaired) electrons. The molecule has 1 heterocycles. The summed E-state index contributed by atoms with van der Waals surface area (Å²) < 4.78 is 13.0. The Labute approximate surface area is 147 Å². The SMILES string of the molecule is CCn1c(-c2ccc(OCCN)cc2)c(C#N)c2ccc(OC)cc21. The molecule has 5 nitrogen and oxygen atoms in total. The van der Waals surface area contributed by atoms with Gasteiger partial charge in [0.1, 0.15) is 24.2 Å². The smallest absolute Gasteiger partial charge is 0.120 e. The number of aromatic nitrogens is 1. The summed E-state index contributed by atoms with van der Waals surface area (Å²) in [5.74, 6) is 1.55. The lowest BCUT2D eigenvalue weighted by molar-refractivity contribution is 0.328. The number of fused-ring (bicyclic) bond motifs is 1. The minimum atomic E-state index is 0.478. The van der Waals surface area contributed by atoms with Gasteiger partial charge in [-0.1, -0.05) is 0 Å². The lowest BCUT2D eigenvalue weighted by atomic mass is 10.1. The van der Waals surface area contributed by atoms with E-state index in [1.807, 2.05) is 42.5 Å². The maximum Gasteiger partial charge on any atom is 0.120 e. The van der Waals surface area contributed by atoms with Crippen molar-refractivity contribution in [2.24, 2.45) is 5.73 Å². The fourth-order valence-electron chi connectivity index (χ4n) is 3.08. The van der Waals surface area contributed by atoms with Gasteiger partial charge in [-0.2, -0.15) is 5.26 Å². The van der Waals surface area contributed by atoms with E-state index >= 15 is 0 Å². The number of ether oxygens (including phenoxy) is 2. The van der Waals surface area contributed by atoms with Crippen LogP contribution in [0.3, 0.4) is 0 Å². The number of hydrogen-bond acceptors (Lipinski definition) is 4. The van der Waals surface area contributed by atoms with Crippen LogP contribution in [0, 0.1) is 11.3 Å². The zero-order valence-corrected chi connectivity index (χ0v) is 14.5. The predicted octanol–water partition coefficient (Wildman–Crippen LogP) is 3.55. The maximum atomic E-state index is 9.75. The molecular weight excluding hydrogens is 314 g/mol. The van der Waals surface area contributed by atoms with Crippen molar-refractivity contribution < 1.29 is 9.47 Å². The molecule has 0 aliphatic heterocycles. The Balaban J connectivity index is 2.16. The minimum absolute atomic E-state index is 0.478. The van der Waals surface area contributed by atoms with Crippen LogP contribution in [-0.2, 0) is 6.54 Å². The molecule has 0 aliphatic carbocycles. The molecule has 25 heavy (non-hydrogen) atoms. The Morgan fingerprint density at radius 2 is 1.84 bits per heavy atom. The van der Waals surface area contributed by atoms with E-state index in [9.17, 15) is 5.26 Å². The molecule has 2 N–H and O–H groups in total. The van der Waals surface area contributed by atoms with Crippen LogP contribution in [0.1, 0.15) is 12.5 Å². The third kappa shape index (κ3) is 3.04. The Hall–Kier alpha value is -2.97. The summed E-state index contributed by atoms with van der Waals surface area (Å²) in [6, 6.07) is 15.9. The number of methoxy groups -OCH3 is 1. The molecule has 3 aromatic rings. The molecule has 0 unspecified atom stereocenters. The molecule has 1 aromatic heterocycles. The quantitative estimate of drug-likeness (QED) is 0.748. The molecule has 0 saturated carbocycles. The molecule has 0 spiro atoms. The van der Waals surface area contributed by atoms with Gasteiger partial charge in [-0.05, 0) is 48.9 Å². The maximum absolute atomic E-state index is 9.75. The number of benzene rings is 2. The Kier molecular flexibility index (Phi) is 4.92. The van der Waals surface area contributed by atoms with E-state index in [4.69, 9.17) is 15.2 Å². The standard InChI is InChI=1S/C20H21N3O2/c1-3-23-19-12-16(24-2)8-9-17(19)18(13-22)20(23)14-4-6-15(7-5-14)25-11-10-21/h4-9,12H,3,10-11,21H2,1-2H3. The van der Waals surface area contributed by atoms with Crippen molar-refractivity contribution in [3.8, 4) is 28.8 Å². The molecule has 0 atom stereocenters. The second-order valence-corrected chi connectivity index (χ2v) is 5.62. The van der Waals surface area contributed by atoms with Gasteiger partial charge in [-0.3, -0.25) is 0 Å². The molecule has 0 fully saturated rings. The normalized spacial score (nSPS) is 10.6. The largest absolute Gasteiger partial charge is 0.497 e. The van der Waals surface area contributed by atoms with E-state index in [2.05, 4.69) is 17.6 Å². The summed E-state index contributed by atoms with van der Waals surface area (Å²) >= 11 is 0. The van der Waals surface area contributed by atoms with Crippen molar-refractivity contribution in [2.75, 3.05) is 20.3 Å². The van der Waals surface area contributed by atoms with Crippen LogP contribution in [0.2, 0.25) is 0 Å². The highest BCUT2D eigenvalue weighted by Crippen LogP contribution is 2.35. The Bertz CT molecular complexity index is 921. The number of nitrogens with two attached hydrogens (primary N) is 1. The number of nitriles is 1. The number of hydrogen-bond donors (Lipinski definition) is 1. The summed E-state index contributed by atoms with van der Waals surface area (Å²) in [5, 5.41) is 10.7. The van der Waals surface area contributed by atoms with Gasteiger partial charge >= 0.3 is 0 Å². The second-order valence-electron chi connectivity index (χ2n) is 5.62. The zero-order valence-electron chi connectivity index (χ0n) is 14.5. The number of rotatable bonds is 6. The molecule has 2 aromatic carbocycles. The minimum Gasteiger partial charge on any atom is -0.497 e.